The number of ether oxygens (including phenoxy) is 1. The van der Waals surface area contributed by atoms with Crippen LogP contribution in [-0.2, 0) is 25.5 Å². The van der Waals surface area contributed by atoms with Crippen molar-refractivity contribution in [1.29, 1.82) is 0 Å². The molecule has 2 saturated carbocycles. The Kier molecular flexibility index (Phi) is 12.9. The summed E-state index contributed by atoms with van der Waals surface area (Å²) in [7, 11) is 0. The van der Waals surface area contributed by atoms with Crippen LogP contribution in [0, 0.1) is 39.5 Å². The number of amides is 2. The van der Waals surface area contributed by atoms with Crippen LogP contribution in [0.5, 0.6) is 0 Å². The highest BCUT2D eigenvalue weighted by molar-refractivity contribution is 6.36. The van der Waals surface area contributed by atoms with E-state index in [-0.39, 0.29) is 30.0 Å². The lowest BCUT2D eigenvalue weighted by molar-refractivity contribution is -0.155. The molecule has 0 aromatic heterocycles. The van der Waals surface area contributed by atoms with E-state index >= 15 is 0 Å². The Labute approximate surface area is 302 Å². The summed E-state index contributed by atoms with van der Waals surface area (Å²) in [5, 5.41) is 18.1. The van der Waals surface area contributed by atoms with Crippen molar-refractivity contribution in [2.75, 3.05) is 6.61 Å². The van der Waals surface area contributed by atoms with Crippen LogP contribution in [0.2, 0.25) is 10.0 Å². The van der Waals surface area contributed by atoms with E-state index < -0.39 is 11.1 Å². The van der Waals surface area contributed by atoms with Gasteiger partial charge in [0.05, 0.1) is 24.1 Å². The van der Waals surface area contributed by atoms with E-state index in [0.29, 0.717) is 52.5 Å². The Morgan fingerprint density at radius 2 is 1.39 bits per heavy atom. The largest absolute Gasteiger partial charge is 0.509 e. The molecule has 0 saturated heterocycles. The minimum absolute atomic E-state index is 0.170. The fraction of sp³-hybridized carbons (Fsp3) is 0.575. The Hall–Kier alpha value is -3.03. The van der Waals surface area contributed by atoms with E-state index in [9.17, 15) is 19.5 Å². The SMILES string of the molecule is CCC1CCC2(CC1)NC(=O)C(c1c(C)cc(C)cc1Cl)=C2O.CCOC(=O)C1(NC(=O)Cc2c(C)cc(C)cc2Cl)CCC(CC)CC1. The fourth-order valence-corrected chi connectivity index (χ4v) is 8.76. The van der Waals surface area contributed by atoms with Crippen LogP contribution < -0.4 is 10.6 Å². The minimum atomic E-state index is -0.899. The van der Waals surface area contributed by atoms with Crippen LogP contribution >= 0.6 is 23.2 Å². The summed E-state index contributed by atoms with van der Waals surface area (Å²) < 4.78 is 5.29. The van der Waals surface area contributed by atoms with Gasteiger partial charge in [0.1, 0.15) is 11.3 Å². The molecular formula is C40H54Cl2N2O5. The van der Waals surface area contributed by atoms with Crippen molar-refractivity contribution in [3.8, 4) is 0 Å². The van der Waals surface area contributed by atoms with Crippen molar-refractivity contribution < 1.29 is 24.2 Å². The molecule has 0 atom stereocenters. The van der Waals surface area contributed by atoms with Gasteiger partial charge in [0.15, 0.2) is 0 Å². The number of aliphatic hydroxyl groups excluding tert-OH is 1. The second-order valence-electron chi connectivity index (χ2n) is 14.5. The first-order chi connectivity index (χ1) is 23.2. The number of aryl methyl sites for hydroxylation is 4. The van der Waals surface area contributed by atoms with Gasteiger partial charge in [-0.2, -0.15) is 0 Å². The summed E-state index contributed by atoms with van der Waals surface area (Å²) in [5.74, 6) is 0.802. The topological polar surface area (TPSA) is 105 Å². The Bertz CT molecular complexity index is 1540. The zero-order chi connectivity index (χ0) is 36.1. The molecule has 2 aromatic carbocycles. The van der Waals surface area contributed by atoms with Crippen molar-refractivity contribution in [1.82, 2.24) is 10.6 Å². The van der Waals surface area contributed by atoms with Crippen molar-refractivity contribution in [2.45, 2.75) is 130 Å². The van der Waals surface area contributed by atoms with E-state index in [2.05, 4.69) is 24.5 Å². The van der Waals surface area contributed by atoms with E-state index in [4.69, 9.17) is 27.9 Å². The average molecular weight is 714 g/mol. The zero-order valence-electron chi connectivity index (χ0n) is 30.3. The molecule has 5 rings (SSSR count). The second-order valence-corrected chi connectivity index (χ2v) is 15.3. The lowest BCUT2D eigenvalue weighted by Gasteiger charge is -2.38. The third kappa shape index (κ3) is 8.65. The third-order valence-corrected chi connectivity index (χ3v) is 11.6. The normalized spacial score (nSPS) is 25.0. The van der Waals surface area contributed by atoms with Crippen LogP contribution in [-0.4, -0.2) is 40.6 Å². The predicted octanol–water partition coefficient (Wildman–Crippen LogP) is 9.21. The molecule has 2 fully saturated rings. The highest BCUT2D eigenvalue weighted by atomic mass is 35.5. The lowest BCUT2D eigenvalue weighted by atomic mass is 9.75. The molecular weight excluding hydrogens is 659 g/mol. The molecule has 3 aliphatic rings. The number of carbonyl (C=O) groups is 3. The van der Waals surface area contributed by atoms with Gasteiger partial charge in [-0.3, -0.25) is 9.59 Å². The Morgan fingerprint density at radius 3 is 1.90 bits per heavy atom. The summed E-state index contributed by atoms with van der Waals surface area (Å²) in [5.41, 5.74) is 4.39. The molecule has 1 heterocycles. The van der Waals surface area contributed by atoms with E-state index in [1.54, 1.807) is 6.92 Å². The molecule has 3 N–H and O–H groups in total. The van der Waals surface area contributed by atoms with Crippen LogP contribution in [0.4, 0.5) is 0 Å². The van der Waals surface area contributed by atoms with Crippen LogP contribution in [0.15, 0.2) is 30.0 Å². The molecule has 1 spiro atoms. The van der Waals surface area contributed by atoms with Gasteiger partial charge in [0.2, 0.25) is 5.91 Å². The molecule has 0 bridgehead atoms. The monoisotopic (exact) mass is 712 g/mol. The first-order valence-corrected chi connectivity index (χ1v) is 18.7. The number of aliphatic hydroxyl groups is 1. The third-order valence-electron chi connectivity index (χ3n) is 11.0. The van der Waals surface area contributed by atoms with E-state index in [1.807, 2.05) is 52.0 Å². The lowest BCUT2D eigenvalue weighted by Crippen LogP contribution is -2.57. The van der Waals surface area contributed by atoms with Gasteiger partial charge >= 0.3 is 5.97 Å². The second kappa shape index (κ2) is 16.3. The first-order valence-electron chi connectivity index (χ1n) is 18.0. The number of rotatable bonds is 8. The Balaban J connectivity index is 0.000000222. The number of hydrogen-bond acceptors (Lipinski definition) is 5. The highest BCUT2D eigenvalue weighted by Crippen LogP contribution is 2.45. The van der Waals surface area contributed by atoms with Crippen molar-refractivity contribution in [3.63, 3.8) is 0 Å². The van der Waals surface area contributed by atoms with Crippen molar-refractivity contribution >= 4 is 46.6 Å². The van der Waals surface area contributed by atoms with Crippen molar-refractivity contribution in [3.05, 3.63) is 73.5 Å². The molecule has 1 aliphatic heterocycles. The van der Waals surface area contributed by atoms with Crippen LogP contribution in [0.25, 0.3) is 5.57 Å². The van der Waals surface area contributed by atoms with Gasteiger partial charge in [0.25, 0.3) is 5.91 Å². The van der Waals surface area contributed by atoms with Crippen molar-refractivity contribution in [2.24, 2.45) is 11.8 Å². The quantitative estimate of drug-likeness (QED) is 0.237. The maximum absolute atomic E-state index is 12.8. The Morgan fingerprint density at radius 1 is 0.857 bits per heavy atom. The summed E-state index contributed by atoms with van der Waals surface area (Å²) in [6.07, 6.45) is 9.24. The minimum Gasteiger partial charge on any atom is -0.509 e. The summed E-state index contributed by atoms with van der Waals surface area (Å²) >= 11 is 12.7. The molecule has 2 amide bonds. The smallest absolute Gasteiger partial charge is 0.331 e. The number of carbonyl (C=O) groups excluding carboxylic acids is 3. The number of nitrogens with one attached hydrogen (secondary N) is 2. The number of halogens is 2. The number of benzene rings is 2. The maximum atomic E-state index is 12.8. The first kappa shape index (κ1) is 38.8. The van der Waals surface area contributed by atoms with Gasteiger partial charge in [-0.1, -0.05) is 62.0 Å². The van der Waals surface area contributed by atoms with Gasteiger partial charge in [-0.15, -0.1) is 0 Å². The zero-order valence-corrected chi connectivity index (χ0v) is 31.8. The molecule has 2 aliphatic carbocycles. The van der Waals surface area contributed by atoms with Crippen LogP contribution in [0.1, 0.15) is 118 Å². The standard InChI is InChI=1S/C21H30ClNO3.C19H24ClNO2/c1-5-16-7-9-21(10-8-16,20(25)26-6-2)23-19(24)13-17-15(4)11-14(3)12-18(17)22;1-4-13-5-7-19(8-6-13)17(22)16(18(23)21-19)15-12(3)9-11(2)10-14(15)20/h11-12,16H,5-10,13H2,1-4H3,(H,23,24);9-10,13,22H,4-8H2,1-3H3,(H,21,23). The molecule has 49 heavy (non-hydrogen) atoms. The predicted molar refractivity (Wildman–Crippen MR) is 198 cm³/mol. The molecule has 0 unspecified atom stereocenters. The van der Waals surface area contributed by atoms with Gasteiger partial charge in [0, 0.05) is 15.6 Å². The van der Waals surface area contributed by atoms with Crippen LogP contribution in [0.3, 0.4) is 0 Å². The highest BCUT2D eigenvalue weighted by Gasteiger charge is 2.48. The summed E-state index contributed by atoms with van der Waals surface area (Å²) in [6, 6.07) is 7.72. The van der Waals surface area contributed by atoms with Gasteiger partial charge in [-0.05, 0) is 138 Å². The maximum Gasteiger partial charge on any atom is 0.331 e. The molecule has 7 nitrogen and oxygen atoms in total. The average Bonchev–Trinajstić information content (AvgIpc) is 3.27. The molecule has 268 valence electrons. The van der Waals surface area contributed by atoms with E-state index in [1.165, 1.54) is 0 Å². The van der Waals surface area contributed by atoms with Gasteiger partial charge in [-0.25, -0.2) is 4.79 Å². The fourth-order valence-electron chi connectivity index (χ4n) is 7.96. The number of esters is 1. The molecule has 0 radical (unpaired) electrons. The molecule has 2 aromatic rings. The summed E-state index contributed by atoms with van der Waals surface area (Å²) in [6.45, 7) is 14.3. The number of hydrogen-bond donors (Lipinski definition) is 3. The summed E-state index contributed by atoms with van der Waals surface area (Å²) in [4.78, 5) is 38.0. The van der Waals surface area contributed by atoms with E-state index in [0.717, 1.165) is 79.2 Å². The molecule has 9 heteroatoms. The van der Waals surface area contributed by atoms with Gasteiger partial charge < -0.3 is 20.5 Å².